The fraction of sp³-hybridized carbons (Fsp3) is 0.292. The number of rotatable bonds is 3. The first-order chi connectivity index (χ1) is 12.4. The van der Waals surface area contributed by atoms with Crippen molar-refractivity contribution in [3.05, 3.63) is 64.0 Å². The Morgan fingerprint density at radius 1 is 0.846 bits per heavy atom. The van der Waals surface area contributed by atoms with Gasteiger partial charge in [-0.05, 0) is 63.4 Å². The molecular formula is C24H25NS. The molecule has 2 aromatic heterocycles. The Kier molecular flexibility index (Phi) is 4.32. The largest absolute Gasteiger partial charge is 0.246 e. The molecule has 0 saturated heterocycles. The standard InChI is InChI=1S/C24H25NS/c1-14(2)8-19-13-21-20-12-15(3)6-7-22(20)25-23(24(21)26-19)18-10-16(4)9-17(5)11-18/h6-7,9-14H,8H2,1-5H3. The molecule has 0 spiro atoms. The molecule has 0 amide bonds. The minimum atomic E-state index is 0.661. The second-order valence-electron chi connectivity index (χ2n) is 7.91. The van der Waals surface area contributed by atoms with Crippen molar-refractivity contribution in [1.29, 1.82) is 0 Å². The Morgan fingerprint density at radius 3 is 2.27 bits per heavy atom. The molecule has 4 aromatic rings. The van der Waals surface area contributed by atoms with E-state index in [1.54, 1.807) is 0 Å². The van der Waals surface area contributed by atoms with Crippen LogP contribution >= 0.6 is 11.3 Å². The lowest BCUT2D eigenvalue weighted by Gasteiger charge is -2.09. The van der Waals surface area contributed by atoms with Gasteiger partial charge in [-0.3, -0.25) is 0 Å². The molecule has 0 aliphatic carbocycles. The highest BCUT2D eigenvalue weighted by Crippen LogP contribution is 2.39. The van der Waals surface area contributed by atoms with Crippen LogP contribution in [0.2, 0.25) is 0 Å². The summed E-state index contributed by atoms with van der Waals surface area (Å²) in [5.74, 6) is 0.661. The molecule has 0 saturated carbocycles. The molecular weight excluding hydrogens is 334 g/mol. The van der Waals surface area contributed by atoms with E-state index in [0.29, 0.717) is 5.92 Å². The quantitative estimate of drug-likeness (QED) is 0.375. The molecule has 0 aliphatic rings. The van der Waals surface area contributed by atoms with E-state index in [-0.39, 0.29) is 0 Å². The summed E-state index contributed by atoms with van der Waals surface area (Å²) in [6.07, 6.45) is 1.12. The first-order valence-electron chi connectivity index (χ1n) is 9.32. The number of aromatic nitrogens is 1. The molecule has 2 aromatic carbocycles. The SMILES string of the molecule is Cc1cc(C)cc(-c2nc3ccc(C)cc3c3cc(CC(C)C)sc23)c1. The highest BCUT2D eigenvalue weighted by atomic mass is 32.1. The molecule has 0 bridgehead atoms. The molecule has 0 fully saturated rings. The van der Waals surface area contributed by atoms with Gasteiger partial charge < -0.3 is 0 Å². The van der Waals surface area contributed by atoms with Crippen LogP contribution in [-0.2, 0) is 6.42 Å². The number of nitrogens with zero attached hydrogens (tertiary/aromatic N) is 1. The summed E-state index contributed by atoms with van der Waals surface area (Å²) in [5.41, 5.74) is 7.31. The van der Waals surface area contributed by atoms with Crippen LogP contribution in [0.5, 0.6) is 0 Å². The molecule has 132 valence electrons. The van der Waals surface area contributed by atoms with E-state index in [0.717, 1.165) is 17.6 Å². The Bertz CT molecular complexity index is 1100. The fourth-order valence-corrected chi connectivity index (χ4v) is 5.16. The van der Waals surface area contributed by atoms with Crippen molar-refractivity contribution >= 4 is 32.3 Å². The van der Waals surface area contributed by atoms with Gasteiger partial charge in [-0.15, -0.1) is 11.3 Å². The van der Waals surface area contributed by atoms with Crippen LogP contribution in [0.3, 0.4) is 0 Å². The summed E-state index contributed by atoms with van der Waals surface area (Å²) >= 11 is 1.92. The normalized spacial score (nSPS) is 11.8. The second-order valence-corrected chi connectivity index (χ2v) is 9.05. The zero-order valence-corrected chi connectivity index (χ0v) is 17.0. The van der Waals surface area contributed by atoms with Gasteiger partial charge in [0.25, 0.3) is 0 Å². The van der Waals surface area contributed by atoms with Gasteiger partial charge in [0.15, 0.2) is 0 Å². The third-order valence-corrected chi connectivity index (χ3v) is 5.94. The lowest BCUT2D eigenvalue weighted by Crippen LogP contribution is -1.89. The zero-order chi connectivity index (χ0) is 18.4. The van der Waals surface area contributed by atoms with Crippen molar-refractivity contribution in [2.24, 2.45) is 5.92 Å². The molecule has 0 aliphatic heterocycles. The third-order valence-electron chi connectivity index (χ3n) is 4.78. The highest BCUT2D eigenvalue weighted by Gasteiger charge is 2.15. The summed E-state index contributed by atoms with van der Waals surface area (Å²) in [6.45, 7) is 11.1. The van der Waals surface area contributed by atoms with Crippen LogP contribution in [0.4, 0.5) is 0 Å². The van der Waals surface area contributed by atoms with E-state index in [2.05, 4.69) is 77.1 Å². The number of benzene rings is 2. The van der Waals surface area contributed by atoms with E-state index in [1.807, 2.05) is 11.3 Å². The maximum Gasteiger partial charge on any atom is 0.0888 e. The summed E-state index contributed by atoms with van der Waals surface area (Å²) in [4.78, 5) is 6.55. The van der Waals surface area contributed by atoms with E-state index >= 15 is 0 Å². The molecule has 0 atom stereocenters. The van der Waals surface area contributed by atoms with Crippen molar-refractivity contribution in [3.8, 4) is 11.3 Å². The number of hydrogen-bond donors (Lipinski definition) is 0. The molecule has 4 rings (SSSR count). The number of thiophene rings is 1. The summed E-state index contributed by atoms with van der Waals surface area (Å²) < 4.78 is 1.32. The van der Waals surface area contributed by atoms with Gasteiger partial charge in [0.1, 0.15) is 0 Å². The predicted octanol–water partition coefficient (Wildman–Crippen LogP) is 7.24. The topological polar surface area (TPSA) is 12.9 Å². The van der Waals surface area contributed by atoms with Crippen LogP contribution in [0.25, 0.3) is 32.2 Å². The Balaban J connectivity index is 2.07. The second kappa shape index (κ2) is 6.51. The maximum absolute atomic E-state index is 5.10. The van der Waals surface area contributed by atoms with Crippen molar-refractivity contribution < 1.29 is 0 Å². The molecule has 26 heavy (non-hydrogen) atoms. The van der Waals surface area contributed by atoms with Crippen molar-refractivity contribution in [1.82, 2.24) is 4.98 Å². The zero-order valence-electron chi connectivity index (χ0n) is 16.2. The lowest BCUT2D eigenvalue weighted by molar-refractivity contribution is 0.654. The molecule has 1 nitrogen and oxygen atoms in total. The highest BCUT2D eigenvalue weighted by molar-refractivity contribution is 7.19. The number of fused-ring (bicyclic) bond motifs is 3. The van der Waals surface area contributed by atoms with E-state index in [1.165, 1.54) is 42.6 Å². The van der Waals surface area contributed by atoms with Crippen molar-refractivity contribution in [2.45, 2.75) is 41.0 Å². The minimum absolute atomic E-state index is 0.661. The maximum atomic E-state index is 5.10. The minimum Gasteiger partial charge on any atom is -0.246 e. The van der Waals surface area contributed by atoms with E-state index in [9.17, 15) is 0 Å². The third kappa shape index (κ3) is 3.14. The smallest absolute Gasteiger partial charge is 0.0888 e. The molecule has 0 N–H and O–H groups in total. The average Bonchev–Trinajstić information content (AvgIpc) is 2.96. The first kappa shape index (κ1) is 17.2. The summed E-state index contributed by atoms with van der Waals surface area (Å²) in [6, 6.07) is 15.7. The van der Waals surface area contributed by atoms with Gasteiger partial charge in [-0.2, -0.15) is 0 Å². The monoisotopic (exact) mass is 359 g/mol. The van der Waals surface area contributed by atoms with E-state index in [4.69, 9.17) is 4.98 Å². The van der Waals surface area contributed by atoms with Gasteiger partial charge in [0, 0.05) is 21.2 Å². The van der Waals surface area contributed by atoms with Crippen LogP contribution in [0, 0.1) is 26.7 Å². The Morgan fingerprint density at radius 2 is 1.58 bits per heavy atom. The van der Waals surface area contributed by atoms with Gasteiger partial charge in [-0.25, -0.2) is 4.98 Å². The Labute approximate surface area is 159 Å². The molecule has 0 unspecified atom stereocenters. The first-order valence-corrected chi connectivity index (χ1v) is 10.1. The van der Waals surface area contributed by atoms with Crippen LogP contribution in [-0.4, -0.2) is 4.98 Å². The number of aryl methyl sites for hydroxylation is 3. The molecule has 0 radical (unpaired) electrons. The Hall–Kier alpha value is -2.19. The summed E-state index contributed by atoms with van der Waals surface area (Å²) in [7, 11) is 0. The van der Waals surface area contributed by atoms with Crippen LogP contribution in [0.1, 0.15) is 35.4 Å². The van der Waals surface area contributed by atoms with E-state index < -0.39 is 0 Å². The molecule has 2 heteroatoms. The van der Waals surface area contributed by atoms with Crippen LogP contribution < -0.4 is 0 Å². The number of pyridine rings is 1. The van der Waals surface area contributed by atoms with Crippen LogP contribution in [0.15, 0.2) is 42.5 Å². The van der Waals surface area contributed by atoms with Gasteiger partial charge in [0.05, 0.1) is 15.9 Å². The van der Waals surface area contributed by atoms with Crippen molar-refractivity contribution in [2.75, 3.05) is 0 Å². The molecule has 2 heterocycles. The van der Waals surface area contributed by atoms with Gasteiger partial charge in [-0.1, -0.05) is 42.7 Å². The fourth-order valence-electron chi connectivity index (χ4n) is 3.76. The van der Waals surface area contributed by atoms with Gasteiger partial charge in [0.2, 0.25) is 0 Å². The lowest BCUT2D eigenvalue weighted by atomic mass is 10.0. The predicted molar refractivity (Wildman–Crippen MR) is 115 cm³/mol. The van der Waals surface area contributed by atoms with Gasteiger partial charge >= 0.3 is 0 Å². The average molecular weight is 360 g/mol. The summed E-state index contributed by atoms with van der Waals surface area (Å²) in [5, 5.41) is 2.63. The van der Waals surface area contributed by atoms with Crippen molar-refractivity contribution in [3.63, 3.8) is 0 Å². The number of hydrogen-bond acceptors (Lipinski definition) is 2.